The van der Waals surface area contributed by atoms with E-state index in [1.54, 1.807) is 47.1 Å². The fourth-order valence-corrected chi connectivity index (χ4v) is 3.84. The molecule has 0 radical (unpaired) electrons. The summed E-state index contributed by atoms with van der Waals surface area (Å²) in [6, 6.07) is 24.0. The molecule has 0 spiro atoms. The Hall–Kier alpha value is -4.59. The van der Waals surface area contributed by atoms with Gasteiger partial charge >= 0.3 is 0 Å². The lowest BCUT2D eigenvalue weighted by atomic mass is 10.1. The highest BCUT2D eigenvalue weighted by Crippen LogP contribution is 2.23. The third-order valence-electron chi connectivity index (χ3n) is 5.59. The number of aryl methyl sites for hydroxylation is 1. The number of nitrogens with one attached hydrogen (secondary N) is 3. The number of rotatable bonds is 9. The second-order valence-electron chi connectivity index (χ2n) is 8.15. The van der Waals surface area contributed by atoms with Gasteiger partial charge in [-0.3, -0.25) is 9.59 Å². The number of carbonyl (C=O) groups is 2. The number of amides is 2. The van der Waals surface area contributed by atoms with Gasteiger partial charge in [0.05, 0.1) is 41.5 Å². The van der Waals surface area contributed by atoms with Crippen molar-refractivity contribution in [1.29, 1.82) is 0 Å². The lowest BCUT2D eigenvalue weighted by molar-refractivity contribution is -0.114. The molecule has 1 heterocycles. The highest BCUT2D eigenvalue weighted by molar-refractivity contribution is 6.08. The second-order valence-corrected chi connectivity index (χ2v) is 8.15. The number of anilines is 3. The van der Waals surface area contributed by atoms with E-state index in [0.717, 1.165) is 22.8 Å². The van der Waals surface area contributed by atoms with Crippen LogP contribution in [-0.2, 0) is 4.79 Å². The van der Waals surface area contributed by atoms with Gasteiger partial charge in [-0.25, -0.2) is 4.68 Å². The van der Waals surface area contributed by atoms with Crippen LogP contribution in [0.5, 0.6) is 5.75 Å². The number of carbonyl (C=O) groups excluding carboxylic acids is 2. The number of aromatic nitrogens is 2. The predicted octanol–water partition coefficient (Wildman–Crippen LogP) is 5.19. The van der Waals surface area contributed by atoms with Gasteiger partial charge in [0.15, 0.2) is 0 Å². The molecule has 36 heavy (non-hydrogen) atoms. The Morgan fingerprint density at radius 1 is 0.889 bits per heavy atom. The van der Waals surface area contributed by atoms with Gasteiger partial charge in [0, 0.05) is 11.4 Å². The highest BCUT2D eigenvalue weighted by Gasteiger charge is 2.16. The Labute approximate surface area is 210 Å². The van der Waals surface area contributed by atoms with E-state index < -0.39 is 0 Å². The van der Waals surface area contributed by atoms with Crippen molar-refractivity contribution in [2.75, 3.05) is 29.1 Å². The molecule has 8 heteroatoms. The van der Waals surface area contributed by atoms with E-state index in [9.17, 15) is 9.59 Å². The third-order valence-corrected chi connectivity index (χ3v) is 5.59. The van der Waals surface area contributed by atoms with Gasteiger partial charge in [0.1, 0.15) is 5.75 Å². The van der Waals surface area contributed by atoms with Crippen LogP contribution < -0.4 is 20.7 Å². The standard InChI is InChI=1S/C28H29N5O3/c1-4-36-23-16-14-21(15-17-23)30-28(35)24-12-8-9-13-25(24)29-18-26(34)31-27-19(2)32-33(20(27)3)22-10-6-5-7-11-22/h5-17,29H,4,18H2,1-3H3,(H,30,35)(H,31,34). The zero-order valence-electron chi connectivity index (χ0n) is 20.5. The van der Waals surface area contributed by atoms with E-state index >= 15 is 0 Å². The zero-order valence-corrected chi connectivity index (χ0v) is 20.5. The molecule has 4 rings (SSSR count). The average molecular weight is 484 g/mol. The molecule has 0 saturated heterocycles. The molecule has 3 aromatic carbocycles. The van der Waals surface area contributed by atoms with Crippen LogP contribution in [0.4, 0.5) is 17.1 Å². The normalized spacial score (nSPS) is 10.5. The summed E-state index contributed by atoms with van der Waals surface area (Å²) < 4.78 is 7.24. The first kappa shape index (κ1) is 24.5. The Morgan fingerprint density at radius 3 is 2.31 bits per heavy atom. The van der Waals surface area contributed by atoms with Gasteiger partial charge in [-0.15, -0.1) is 0 Å². The Bertz CT molecular complexity index is 1350. The molecule has 8 nitrogen and oxygen atoms in total. The fourth-order valence-electron chi connectivity index (χ4n) is 3.84. The number of para-hydroxylation sites is 2. The molecule has 3 N–H and O–H groups in total. The smallest absolute Gasteiger partial charge is 0.257 e. The maximum atomic E-state index is 12.9. The van der Waals surface area contributed by atoms with E-state index in [2.05, 4.69) is 21.0 Å². The highest BCUT2D eigenvalue weighted by atomic mass is 16.5. The number of nitrogens with zero attached hydrogens (tertiary/aromatic N) is 2. The summed E-state index contributed by atoms with van der Waals surface area (Å²) >= 11 is 0. The van der Waals surface area contributed by atoms with E-state index in [4.69, 9.17) is 4.74 Å². The average Bonchev–Trinajstić information content (AvgIpc) is 3.17. The first-order chi connectivity index (χ1) is 17.5. The van der Waals surface area contributed by atoms with Crippen molar-refractivity contribution < 1.29 is 14.3 Å². The molecular formula is C28H29N5O3. The lowest BCUT2D eigenvalue weighted by Crippen LogP contribution is -2.24. The molecule has 0 atom stereocenters. The van der Waals surface area contributed by atoms with Crippen LogP contribution in [0.3, 0.4) is 0 Å². The van der Waals surface area contributed by atoms with Crippen LogP contribution in [0.2, 0.25) is 0 Å². The Morgan fingerprint density at radius 2 is 1.58 bits per heavy atom. The molecule has 2 amide bonds. The van der Waals surface area contributed by atoms with E-state index in [1.807, 2.05) is 57.2 Å². The van der Waals surface area contributed by atoms with Crippen molar-refractivity contribution in [2.45, 2.75) is 20.8 Å². The monoisotopic (exact) mass is 483 g/mol. The van der Waals surface area contributed by atoms with E-state index in [-0.39, 0.29) is 18.4 Å². The van der Waals surface area contributed by atoms with Gasteiger partial charge in [-0.1, -0.05) is 30.3 Å². The topological polar surface area (TPSA) is 97.3 Å². The van der Waals surface area contributed by atoms with Crippen molar-refractivity contribution in [2.24, 2.45) is 0 Å². The Balaban J connectivity index is 1.40. The summed E-state index contributed by atoms with van der Waals surface area (Å²) in [5.41, 5.74) is 4.80. The minimum atomic E-state index is -0.279. The van der Waals surface area contributed by atoms with Crippen molar-refractivity contribution in [3.63, 3.8) is 0 Å². The fraction of sp³-hybridized carbons (Fsp3) is 0.179. The molecule has 0 aliphatic carbocycles. The van der Waals surface area contributed by atoms with Crippen LogP contribution in [0.1, 0.15) is 28.7 Å². The number of ether oxygens (including phenoxy) is 1. The van der Waals surface area contributed by atoms with Crippen LogP contribution in [0.15, 0.2) is 78.9 Å². The number of hydrogen-bond acceptors (Lipinski definition) is 5. The minimum Gasteiger partial charge on any atom is -0.494 e. The van der Waals surface area contributed by atoms with Crippen LogP contribution in [0.25, 0.3) is 5.69 Å². The molecule has 0 bridgehead atoms. The molecule has 0 fully saturated rings. The molecule has 0 unspecified atom stereocenters. The molecule has 0 aliphatic heterocycles. The quantitative estimate of drug-likeness (QED) is 0.304. The number of hydrogen-bond donors (Lipinski definition) is 3. The van der Waals surface area contributed by atoms with Crippen molar-refractivity contribution >= 4 is 28.9 Å². The van der Waals surface area contributed by atoms with E-state index in [0.29, 0.717) is 29.2 Å². The summed E-state index contributed by atoms with van der Waals surface area (Å²) in [6.07, 6.45) is 0. The lowest BCUT2D eigenvalue weighted by Gasteiger charge is -2.13. The SMILES string of the molecule is CCOc1ccc(NC(=O)c2ccccc2NCC(=O)Nc2c(C)nn(-c3ccccc3)c2C)cc1. The third kappa shape index (κ3) is 5.72. The molecular weight excluding hydrogens is 454 g/mol. The maximum absolute atomic E-state index is 12.9. The molecule has 0 saturated carbocycles. The summed E-state index contributed by atoms with van der Waals surface area (Å²) in [5, 5.41) is 13.5. The number of benzene rings is 3. The Kier molecular flexibility index (Phi) is 7.65. The molecule has 0 aliphatic rings. The van der Waals surface area contributed by atoms with Gasteiger partial charge < -0.3 is 20.7 Å². The van der Waals surface area contributed by atoms with E-state index in [1.165, 1.54) is 0 Å². The van der Waals surface area contributed by atoms with Gasteiger partial charge in [0.2, 0.25) is 5.91 Å². The van der Waals surface area contributed by atoms with Gasteiger partial charge in [0.25, 0.3) is 5.91 Å². The largest absolute Gasteiger partial charge is 0.494 e. The minimum absolute atomic E-state index is 0.0112. The van der Waals surface area contributed by atoms with Crippen LogP contribution >= 0.6 is 0 Å². The van der Waals surface area contributed by atoms with Crippen LogP contribution in [0, 0.1) is 13.8 Å². The zero-order chi connectivity index (χ0) is 25.5. The summed E-state index contributed by atoms with van der Waals surface area (Å²) in [6.45, 7) is 6.25. The molecule has 4 aromatic rings. The molecule has 1 aromatic heterocycles. The van der Waals surface area contributed by atoms with Gasteiger partial charge in [-0.05, 0) is 69.3 Å². The van der Waals surface area contributed by atoms with Crippen molar-refractivity contribution in [3.05, 3.63) is 95.8 Å². The van der Waals surface area contributed by atoms with Crippen molar-refractivity contribution in [1.82, 2.24) is 9.78 Å². The maximum Gasteiger partial charge on any atom is 0.257 e. The molecule has 184 valence electrons. The van der Waals surface area contributed by atoms with Crippen molar-refractivity contribution in [3.8, 4) is 11.4 Å². The second kappa shape index (κ2) is 11.2. The summed E-state index contributed by atoms with van der Waals surface area (Å²) in [7, 11) is 0. The predicted molar refractivity (Wildman–Crippen MR) is 142 cm³/mol. The summed E-state index contributed by atoms with van der Waals surface area (Å²) in [5.74, 6) is 0.220. The van der Waals surface area contributed by atoms with Gasteiger partial charge in [-0.2, -0.15) is 5.10 Å². The summed E-state index contributed by atoms with van der Waals surface area (Å²) in [4.78, 5) is 25.7. The first-order valence-corrected chi connectivity index (χ1v) is 11.7. The van der Waals surface area contributed by atoms with Crippen LogP contribution in [-0.4, -0.2) is 34.7 Å². The first-order valence-electron chi connectivity index (χ1n) is 11.7.